The maximum absolute atomic E-state index is 13.3. The molecule has 3 rings (SSSR count). The number of aromatic nitrogens is 1. The summed E-state index contributed by atoms with van der Waals surface area (Å²) in [6.07, 6.45) is 3.64. The molecule has 28 heavy (non-hydrogen) atoms. The Morgan fingerprint density at radius 3 is 2.25 bits per heavy atom. The highest BCUT2D eigenvalue weighted by molar-refractivity contribution is 6.32. The Morgan fingerprint density at radius 1 is 1.07 bits per heavy atom. The third-order valence-electron chi connectivity index (χ3n) is 4.84. The van der Waals surface area contributed by atoms with E-state index in [4.69, 9.17) is 11.6 Å². The number of rotatable bonds is 4. The first-order valence-corrected chi connectivity index (χ1v) is 9.43. The fraction of sp³-hybridized carbons (Fsp3) is 0.350. The number of nitrogens with zero attached hydrogens (tertiary/aromatic N) is 1. The average molecular weight is 406 g/mol. The van der Waals surface area contributed by atoms with Crippen molar-refractivity contribution >= 4 is 23.4 Å². The van der Waals surface area contributed by atoms with Gasteiger partial charge in [0, 0.05) is 12.1 Å². The molecule has 0 unspecified atom stereocenters. The van der Waals surface area contributed by atoms with Gasteiger partial charge in [-0.3, -0.25) is 9.59 Å². The topological polar surface area (TPSA) is 91.3 Å². The van der Waals surface area contributed by atoms with Gasteiger partial charge in [0.2, 0.25) is 0 Å². The number of amides is 2. The van der Waals surface area contributed by atoms with Crippen LogP contribution in [0, 0.1) is 12.7 Å². The predicted molar refractivity (Wildman–Crippen MR) is 103 cm³/mol. The van der Waals surface area contributed by atoms with Crippen LogP contribution in [0.4, 0.5) is 4.39 Å². The largest absolute Gasteiger partial charge is 0.507 e. The molecule has 148 valence electrons. The summed E-state index contributed by atoms with van der Waals surface area (Å²) in [6, 6.07) is 5.81. The number of carbonyl (C=O) groups excluding carboxylic acids is 2. The van der Waals surface area contributed by atoms with Crippen LogP contribution < -0.4 is 10.6 Å². The average Bonchev–Trinajstić information content (AvgIpc) is 2.67. The third-order valence-corrected chi connectivity index (χ3v) is 5.15. The summed E-state index contributed by atoms with van der Waals surface area (Å²) in [5.41, 5.74) is 1.15. The molecule has 1 aromatic heterocycles. The van der Waals surface area contributed by atoms with Crippen LogP contribution in [0.3, 0.4) is 0 Å². The summed E-state index contributed by atoms with van der Waals surface area (Å²) in [5, 5.41) is 15.6. The van der Waals surface area contributed by atoms with Gasteiger partial charge in [-0.25, -0.2) is 9.37 Å². The molecule has 3 N–H and O–H groups in total. The number of halogens is 2. The van der Waals surface area contributed by atoms with E-state index in [0.717, 1.165) is 17.8 Å². The van der Waals surface area contributed by atoms with Crippen LogP contribution in [0.15, 0.2) is 30.5 Å². The molecule has 1 aliphatic carbocycles. The number of pyridine rings is 1. The quantitative estimate of drug-likeness (QED) is 0.680. The van der Waals surface area contributed by atoms with Crippen LogP contribution >= 0.6 is 11.6 Å². The minimum absolute atomic E-state index is 0.00650. The molecule has 1 aliphatic rings. The van der Waals surface area contributed by atoms with Gasteiger partial charge in [0.05, 0.1) is 17.3 Å². The smallest absolute Gasteiger partial charge is 0.255 e. The molecule has 0 aliphatic heterocycles. The highest BCUT2D eigenvalue weighted by Gasteiger charge is 2.25. The Bertz CT molecular complexity index is 825. The standard InChI is InChI=1S/C20H21ClFN3O3/c1-11-2-7-17(26)15(8-11)19(27)24-13-3-5-14(6-4-13)25-20(28)16-9-12(22)10-23-18(16)21/h2,7-10,13-14,26H,3-6H2,1H3,(H,24,27)(H,25,28)/t13-,14+. The van der Waals surface area contributed by atoms with Crippen molar-refractivity contribution in [2.75, 3.05) is 0 Å². The first-order valence-electron chi connectivity index (χ1n) is 9.06. The molecule has 0 radical (unpaired) electrons. The molecule has 2 aromatic rings. The van der Waals surface area contributed by atoms with Crippen molar-refractivity contribution in [3.8, 4) is 5.75 Å². The fourth-order valence-electron chi connectivity index (χ4n) is 3.32. The van der Waals surface area contributed by atoms with Crippen molar-refractivity contribution in [3.63, 3.8) is 0 Å². The van der Waals surface area contributed by atoms with Crippen LogP contribution in [0.1, 0.15) is 52.0 Å². The lowest BCUT2D eigenvalue weighted by atomic mass is 9.90. The van der Waals surface area contributed by atoms with E-state index in [9.17, 15) is 19.1 Å². The second-order valence-electron chi connectivity index (χ2n) is 7.01. The normalized spacial score (nSPS) is 19.1. The molecular formula is C20H21ClFN3O3. The van der Waals surface area contributed by atoms with E-state index < -0.39 is 11.7 Å². The highest BCUT2D eigenvalue weighted by Crippen LogP contribution is 2.23. The van der Waals surface area contributed by atoms with Crippen molar-refractivity contribution < 1.29 is 19.1 Å². The van der Waals surface area contributed by atoms with Crippen molar-refractivity contribution in [1.82, 2.24) is 15.6 Å². The Labute approximate surface area is 167 Å². The van der Waals surface area contributed by atoms with Crippen LogP contribution in [0.5, 0.6) is 5.75 Å². The van der Waals surface area contributed by atoms with E-state index >= 15 is 0 Å². The van der Waals surface area contributed by atoms with Gasteiger partial charge in [-0.15, -0.1) is 0 Å². The lowest BCUT2D eigenvalue weighted by molar-refractivity contribution is 0.0890. The molecule has 1 aromatic carbocycles. The summed E-state index contributed by atoms with van der Waals surface area (Å²) >= 11 is 5.86. The number of phenolic OH excluding ortho intramolecular Hbond substituents is 1. The highest BCUT2D eigenvalue weighted by atomic mass is 35.5. The van der Waals surface area contributed by atoms with Gasteiger partial charge >= 0.3 is 0 Å². The Balaban J connectivity index is 1.53. The van der Waals surface area contributed by atoms with E-state index in [1.54, 1.807) is 12.1 Å². The molecule has 6 nitrogen and oxygen atoms in total. The van der Waals surface area contributed by atoms with E-state index in [2.05, 4.69) is 15.6 Å². The van der Waals surface area contributed by atoms with E-state index in [0.29, 0.717) is 25.7 Å². The zero-order valence-corrected chi connectivity index (χ0v) is 16.1. The van der Waals surface area contributed by atoms with Gasteiger partial charge in [-0.2, -0.15) is 0 Å². The van der Waals surface area contributed by atoms with Crippen molar-refractivity contribution in [3.05, 3.63) is 58.1 Å². The number of benzene rings is 1. The molecular weight excluding hydrogens is 385 g/mol. The minimum Gasteiger partial charge on any atom is -0.507 e. The number of nitrogens with one attached hydrogen (secondary N) is 2. The maximum atomic E-state index is 13.3. The molecule has 0 saturated heterocycles. The van der Waals surface area contributed by atoms with Crippen molar-refractivity contribution in [1.29, 1.82) is 0 Å². The summed E-state index contributed by atoms with van der Waals surface area (Å²) in [7, 11) is 0. The first-order chi connectivity index (χ1) is 13.3. The monoisotopic (exact) mass is 405 g/mol. The molecule has 1 heterocycles. The maximum Gasteiger partial charge on any atom is 0.255 e. The molecule has 8 heteroatoms. The van der Waals surface area contributed by atoms with Crippen LogP contribution in [-0.4, -0.2) is 34.0 Å². The lowest BCUT2D eigenvalue weighted by Gasteiger charge is -2.29. The fourth-order valence-corrected chi connectivity index (χ4v) is 3.51. The second kappa shape index (κ2) is 8.56. The third kappa shape index (κ3) is 4.78. The van der Waals surface area contributed by atoms with Gasteiger partial charge in [0.15, 0.2) is 0 Å². The van der Waals surface area contributed by atoms with Crippen LogP contribution in [0.25, 0.3) is 0 Å². The first kappa shape index (κ1) is 20.1. The molecule has 2 amide bonds. The molecule has 0 atom stereocenters. The number of hydrogen-bond donors (Lipinski definition) is 3. The van der Waals surface area contributed by atoms with E-state index in [-0.39, 0.29) is 40.0 Å². The van der Waals surface area contributed by atoms with Gasteiger partial charge in [0.25, 0.3) is 11.8 Å². The summed E-state index contributed by atoms with van der Waals surface area (Å²) in [4.78, 5) is 28.3. The SMILES string of the molecule is Cc1ccc(O)c(C(=O)N[C@H]2CC[C@@H](NC(=O)c3cc(F)cnc3Cl)CC2)c1. The van der Waals surface area contributed by atoms with Gasteiger partial charge in [-0.1, -0.05) is 23.2 Å². The number of carbonyl (C=O) groups is 2. The van der Waals surface area contributed by atoms with Gasteiger partial charge < -0.3 is 15.7 Å². The lowest BCUT2D eigenvalue weighted by Crippen LogP contribution is -2.44. The van der Waals surface area contributed by atoms with E-state index in [1.165, 1.54) is 6.07 Å². The summed E-state index contributed by atoms with van der Waals surface area (Å²) in [6.45, 7) is 1.85. The van der Waals surface area contributed by atoms with Crippen molar-refractivity contribution in [2.24, 2.45) is 0 Å². The van der Waals surface area contributed by atoms with Crippen LogP contribution in [0.2, 0.25) is 5.15 Å². The number of phenols is 1. The molecule has 0 bridgehead atoms. The number of aryl methyl sites for hydroxylation is 1. The summed E-state index contributed by atoms with van der Waals surface area (Å²) < 4.78 is 13.3. The Kier molecular flexibility index (Phi) is 6.14. The molecule has 1 fully saturated rings. The zero-order chi connectivity index (χ0) is 20.3. The second-order valence-corrected chi connectivity index (χ2v) is 7.37. The number of aromatic hydroxyl groups is 1. The summed E-state index contributed by atoms with van der Waals surface area (Å²) in [5.74, 6) is -1.45. The van der Waals surface area contributed by atoms with Gasteiger partial charge in [-0.05, 0) is 50.8 Å². The van der Waals surface area contributed by atoms with Gasteiger partial charge in [0.1, 0.15) is 16.7 Å². The molecule has 0 spiro atoms. The Morgan fingerprint density at radius 2 is 1.64 bits per heavy atom. The zero-order valence-electron chi connectivity index (χ0n) is 15.3. The minimum atomic E-state index is -0.625. The Hall–Kier alpha value is -2.67. The van der Waals surface area contributed by atoms with Crippen LogP contribution in [-0.2, 0) is 0 Å². The molecule has 1 saturated carbocycles. The number of hydrogen-bond acceptors (Lipinski definition) is 4. The van der Waals surface area contributed by atoms with Crippen molar-refractivity contribution in [2.45, 2.75) is 44.7 Å². The predicted octanol–water partition coefficient (Wildman–Crippen LogP) is 3.36. The van der Waals surface area contributed by atoms with E-state index in [1.807, 2.05) is 6.92 Å².